The van der Waals surface area contributed by atoms with Crippen LogP contribution >= 0.6 is 0 Å². The molecule has 2 N–H and O–H groups in total. The maximum Gasteiger partial charge on any atom is 0.276 e. The van der Waals surface area contributed by atoms with Gasteiger partial charge in [0.15, 0.2) is 17.2 Å². The minimum absolute atomic E-state index is 0.205. The van der Waals surface area contributed by atoms with Gasteiger partial charge in [0.25, 0.3) is 5.91 Å². The van der Waals surface area contributed by atoms with Crippen LogP contribution in [-0.4, -0.2) is 35.3 Å². The zero-order valence-corrected chi connectivity index (χ0v) is 15.0. The lowest BCUT2D eigenvalue weighted by Gasteiger charge is -2.10. The van der Waals surface area contributed by atoms with E-state index in [2.05, 4.69) is 25.8 Å². The summed E-state index contributed by atoms with van der Waals surface area (Å²) >= 11 is 0. The Morgan fingerprint density at radius 3 is 2.56 bits per heavy atom. The molecule has 0 saturated heterocycles. The summed E-state index contributed by atoms with van der Waals surface area (Å²) in [6, 6.07) is 12.2. The van der Waals surface area contributed by atoms with Crippen LogP contribution in [0.2, 0.25) is 0 Å². The number of carbonyl (C=O) groups excluding carboxylic acids is 1. The zero-order valence-electron chi connectivity index (χ0n) is 15.0. The molecule has 2 aromatic heterocycles. The number of amides is 1. The average Bonchev–Trinajstić information content (AvgIpc) is 2.73. The van der Waals surface area contributed by atoms with Crippen molar-refractivity contribution in [3.8, 4) is 11.5 Å². The Bertz CT molecular complexity index is 901. The number of nitrogens with zero attached hydrogens (tertiary/aromatic N) is 3. The van der Waals surface area contributed by atoms with E-state index < -0.39 is 0 Å². The first-order valence-electron chi connectivity index (χ1n) is 8.19. The number of carbonyl (C=O) groups is 1. The summed E-state index contributed by atoms with van der Waals surface area (Å²) in [5.74, 6) is 1.31. The molecule has 3 aromatic rings. The summed E-state index contributed by atoms with van der Waals surface area (Å²) in [4.78, 5) is 16.4. The third-order valence-electron chi connectivity index (χ3n) is 3.74. The van der Waals surface area contributed by atoms with Crippen LogP contribution in [0.4, 0.5) is 11.5 Å². The van der Waals surface area contributed by atoms with Gasteiger partial charge >= 0.3 is 0 Å². The molecule has 2 heterocycles. The van der Waals surface area contributed by atoms with Crippen LogP contribution in [0.5, 0.6) is 11.5 Å². The summed E-state index contributed by atoms with van der Waals surface area (Å²) < 4.78 is 10.4. The Morgan fingerprint density at radius 2 is 1.89 bits per heavy atom. The Labute approximate surface area is 156 Å². The highest BCUT2D eigenvalue weighted by molar-refractivity contribution is 6.02. The minimum atomic E-state index is -0.367. The predicted molar refractivity (Wildman–Crippen MR) is 101 cm³/mol. The first kappa shape index (κ1) is 18.1. The van der Waals surface area contributed by atoms with Gasteiger partial charge in [0.1, 0.15) is 5.82 Å². The monoisotopic (exact) mass is 365 g/mol. The molecule has 0 unspecified atom stereocenters. The molecular formula is C19H19N5O3. The van der Waals surface area contributed by atoms with E-state index in [1.165, 1.54) is 7.11 Å². The van der Waals surface area contributed by atoms with E-state index in [0.717, 1.165) is 5.56 Å². The summed E-state index contributed by atoms with van der Waals surface area (Å²) in [5.41, 5.74) is 1.80. The average molecular weight is 365 g/mol. The van der Waals surface area contributed by atoms with Gasteiger partial charge in [-0.3, -0.25) is 9.78 Å². The zero-order chi connectivity index (χ0) is 19.1. The number of rotatable bonds is 7. The predicted octanol–water partition coefficient (Wildman–Crippen LogP) is 2.75. The van der Waals surface area contributed by atoms with Gasteiger partial charge in [-0.05, 0) is 35.9 Å². The summed E-state index contributed by atoms with van der Waals surface area (Å²) in [6.07, 6.45) is 3.49. The van der Waals surface area contributed by atoms with Gasteiger partial charge in [0, 0.05) is 30.7 Å². The molecule has 0 saturated carbocycles. The van der Waals surface area contributed by atoms with Crippen LogP contribution in [-0.2, 0) is 6.54 Å². The molecule has 8 nitrogen and oxygen atoms in total. The van der Waals surface area contributed by atoms with E-state index >= 15 is 0 Å². The Hall–Kier alpha value is -3.68. The first-order valence-corrected chi connectivity index (χ1v) is 8.19. The summed E-state index contributed by atoms with van der Waals surface area (Å²) in [5, 5.41) is 13.9. The van der Waals surface area contributed by atoms with Crippen molar-refractivity contribution in [3.05, 3.63) is 66.1 Å². The molecule has 0 aliphatic heterocycles. The van der Waals surface area contributed by atoms with Crippen molar-refractivity contribution in [2.45, 2.75) is 6.54 Å². The fourth-order valence-electron chi connectivity index (χ4n) is 2.35. The van der Waals surface area contributed by atoms with Gasteiger partial charge in [-0.15, -0.1) is 10.2 Å². The van der Waals surface area contributed by atoms with Crippen LogP contribution in [0.1, 0.15) is 16.1 Å². The first-order chi connectivity index (χ1) is 13.2. The van der Waals surface area contributed by atoms with Gasteiger partial charge in [0.05, 0.1) is 14.2 Å². The van der Waals surface area contributed by atoms with E-state index in [0.29, 0.717) is 29.5 Å². The van der Waals surface area contributed by atoms with Crippen molar-refractivity contribution in [1.82, 2.24) is 15.2 Å². The van der Waals surface area contributed by atoms with Crippen molar-refractivity contribution >= 4 is 17.4 Å². The molecule has 0 radical (unpaired) electrons. The lowest BCUT2D eigenvalue weighted by Crippen LogP contribution is -2.15. The minimum Gasteiger partial charge on any atom is -0.493 e. The number of anilines is 2. The highest BCUT2D eigenvalue weighted by Gasteiger charge is 2.11. The van der Waals surface area contributed by atoms with Crippen molar-refractivity contribution in [2.75, 3.05) is 24.9 Å². The van der Waals surface area contributed by atoms with Crippen LogP contribution < -0.4 is 20.1 Å². The van der Waals surface area contributed by atoms with Crippen molar-refractivity contribution in [2.24, 2.45) is 0 Å². The van der Waals surface area contributed by atoms with Crippen molar-refractivity contribution in [1.29, 1.82) is 0 Å². The largest absolute Gasteiger partial charge is 0.493 e. The number of ether oxygens (including phenoxy) is 2. The van der Waals surface area contributed by atoms with E-state index in [1.54, 1.807) is 49.8 Å². The standard InChI is InChI=1S/C19H19N5O3/c1-26-16-7-5-14(10-17(16)27-2)22-19(25)15-6-8-18(24-23-15)21-12-13-4-3-9-20-11-13/h3-11H,12H2,1-2H3,(H,21,24)(H,22,25). The molecule has 0 atom stereocenters. The lowest BCUT2D eigenvalue weighted by atomic mass is 10.2. The number of aromatic nitrogens is 3. The molecule has 8 heteroatoms. The molecular weight excluding hydrogens is 346 g/mol. The molecule has 27 heavy (non-hydrogen) atoms. The summed E-state index contributed by atoms with van der Waals surface area (Å²) in [7, 11) is 3.09. The maximum atomic E-state index is 12.3. The maximum absolute atomic E-state index is 12.3. The van der Waals surface area contributed by atoms with E-state index in [-0.39, 0.29) is 11.6 Å². The second-order valence-corrected chi connectivity index (χ2v) is 5.54. The van der Waals surface area contributed by atoms with Gasteiger partial charge in [0.2, 0.25) is 0 Å². The number of nitrogens with one attached hydrogen (secondary N) is 2. The molecule has 0 bridgehead atoms. The van der Waals surface area contributed by atoms with Gasteiger partial charge < -0.3 is 20.1 Å². The molecule has 0 spiro atoms. The van der Waals surface area contributed by atoms with E-state index in [4.69, 9.17) is 9.47 Å². The van der Waals surface area contributed by atoms with Crippen LogP contribution in [0, 0.1) is 0 Å². The van der Waals surface area contributed by atoms with Crippen molar-refractivity contribution in [3.63, 3.8) is 0 Å². The quantitative estimate of drug-likeness (QED) is 0.664. The highest BCUT2D eigenvalue weighted by Crippen LogP contribution is 2.29. The number of pyridine rings is 1. The van der Waals surface area contributed by atoms with Crippen LogP contribution in [0.15, 0.2) is 54.9 Å². The smallest absolute Gasteiger partial charge is 0.276 e. The molecule has 0 aliphatic rings. The van der Waals surface area contributed by atoms with Gasteiger partial charge in [-0.25, -0.2) is 0 Å². The van der Waals surface area contributed by atoms with Crippen LogP contribution in [0.3, 0.4) is 0 Å². The Morgan fingerprint density at radius 1 is 1.04 bits per heavy atom. The fraction of sp³-hybridized carbons (Fsp3) is 0.158. The Balaban J connectivity index is 1.62. The van der Waals surface area contributed by atoms with E-state index in [9.17, 15) is 4.79 Å². The van der Waals surface area contributed by atoms with Crippen molar-refractivity contribution < 1.29 is 14.3 Å². The molecule has 0 aliphatic carbocycles. The number of benzene rings is 1. The molecule has 1 amide bonds. The summed E-state index contributed by atoms with van der Waals surface area (Å²) in [6.45, 7) is 0.569. The number of hydrogen-bond acceptors (Lipinski definition) is 7. The normalized spacial score (nSPS) is 10.1. The van der Waals surface area contributed by atoms with Crippen LogP contribution in [0.25, 0.3) is 0 Å². The molecule has 3 rings (SSSR count). The Kier molecular flexibility index (Phi) is 5.78. The highest BCUT2D eigenvalue weighted by atomic mass is 16.5. The third kappa shape index (κ3) is 4.69. The number of methoxy groups -OCH3 is 2. The van der Waals surface area contributed by atoms with E-state index in [1.807, 2.05) is 12.1 Å². The van der Waals surface area contributed by atoms with Gasteiger partial charge in [-0.1, -0.05) is 6.07 Å². The second kappa shape index (κ2) is 8.61. The van der Waals surface area contributed by atoms with Gasteiger partial charge in [-0.2, -0.15) is 0 Å². The fourth-order valence-corrected chi connectivity index (χ4v) is 2.35. The number of hydrogen-bond donors (Lipinski definition) is 2. The molecule has 0 fully saturated rings. The topological polar surface area (TPSA) is 98.3 Å². The molecule has 1 aromatic carbocycles. The SMILES string of the molecule is COc1ccc(NC(=O)c2ccc(NCc3cccnc3)nn2)cc1OC. The lowest BCUT2D eigenvalue weighted by molar-refractivity contribution is 0.102. The third-order valence-corrected chi connectivity index (χ3v) is 3.74. The second-order valence-electron chi connectivity index (χ2n) is 5.54. The molecule has 138 valence electrons.